The van der Waals surface area contributed by atoms with Crippen LogP contribution in [0.15, 0.2) is 25.3 Å². The molecule has 0 N–H and O–H groups in total. The third kappa shape index (κ3) is 11.0. The highest BCUT2D eigenvalue weighted by molar-refractivity contribution is 5.02. The molecule has 0 aliphatic carbocycles. The molecule has 1 nitrogen and oxygen atoms in total. The number of hydrogen-bond acceptors (Lipinski definition) is 1. The highest BCUT2D eigenvalue weighted by atomic mass is 16.5. The molecule has 0 heterocycles. The Balaban J connectivity index is 3.04. The molecule has 0 fully saturated rings. The summed E-state index contributed by atoms with van der Waals surface area (Å²) >= 11 is 0. The second-order valence-corrected chi connectivity index (χ2v) is 2.68. The minimum Gasteiger partial charge on any atom is -0.369 e. The molecular formula is C12H18O. The van der Waals surface area contributed by atoms with Gasteiger partial charge in [0.05, 0.1) is 0 Å². The molecule has 72 valence electrons. The SMILES string of the molecule is C=CCC#CCOCCCCC=C. The Labute approximate surface area is 81.5 Å². The Morgan fingerprint density at radius 2 is 1.92 bits per heavy atom. The third-order valence-corrected chi connectivity index (χ3v) is 1.49. The van der Waals surface area contributed by atoms with Crippen molar-refractivity contribution >= 4 is 0 Å². The Morgan fingerprint density at radius 1 is 1.08 bits per heavy atom. The van der Waals surface area contributed by atoms with Crippen LogP contribution in [-0.2, 0) is 4.74 Å². The van der Waals surface area contributed by atoms with E-state index in [2.05, 4.69) is 25.0 Å². The van der Waals surface area contributed by atoms with Crippen molar-refractivity contribution < 1.29 is 4.74 Å². The topological polar surface area (TPSA) is 9.23 Å². The van der Waals surface area contributed by atoms with Crippen LogP contribution in [0.3, 0.4) is 0 Å². The first-order chi connectivity index (χ1) is 6.41. The van der Waals surface area contributed by atoms with Gasteiger partial charge in [0.1, 0.15) is 6.61 Å². The summed E-state index contributed by atoms with van der Waals surface area (Å²) in [5, 5.41) is 0. The number of ether oxygens (including phenoxy) is 1. The van der Waals surface area contributed by atoms with E-state index in [9.17, 15) is 0 Å². The molecule has 0 amide bonds. The lowest BCUT2D eigenvalue weighted by Gasteiger charge is -1.97. The van der Waals surface area contributed by atoms with Crippen LogP contribution in [0.1, 0.15) is 25.7 Å². The molecule has 1 heteroatoms. The predicted octanol–water partition coefficient (Wildman–Crippen LogP) is 2.94. The average Bonchev–Trinajstić information content (AvgIpc) is 2.16. The lowest BCUT2D eigenvalue weighted by atomic mass is 10.2. The van der Waals surface area contributed by atoms with Gasteiger partial charge in [-0.15, -0.1) is 13.2 Å². The quantitative estimate of drug-likeness (QED) is 0.331. The van der Waals surface area contributed by atoms with Crippen molar-refractivity contribution in [3.8, 4) is 11.8 Å². The minimum absolute atomic E-state index is 0.544. The summed E-state index contributed by atoms with van der Waals surface area (Å²) in [6.45, 7) is 8.58. The van der Waals surface area contributed by atoms with Gasteiger partial charge in [-0.3, -0.25) is 0 Å². The highest BCUT2D eigenvalue weighted by Crippen LogP contribution is 1.95. The molecule has 0 radical (unpaired) electrons. The average molecular weight is 178 g/mol. The van der Waals surface area contributed by atoms with E-state index in [0.717, 1.165) is 32.3 Å². The fourth-order valence-corrected chi connectivity index (χ4v) is 0.811. The zero-order chi connectivity index (χ0) is 9.78. The van der Waals surface area contributed by atoms with Crippen LogP contribution in [0.4, 0.5) is 0 Å². The van der Waals surface area contributed by atoms with E-state index in [1.807, 2.05) is 6.08 Å². The van der Waals surface area contributed by atoms with Gasteiger partial charge in [0.2, 0.25) is 0 Å². The van der Waals surface area contributed by atoms with Crippen LogP contribution in [0.25, 0.3) is 0 Å². The fraction of sp³-hybridized carbons (Fsp3) is 0.500. The molecule has 0 atom stereocenters. The molecule has 0 spiro atoms. The Hall–Kier alpha value is -1.00. The summed E-state index contributed by atoms with van der Waals surface area (Å²) in [5.74, 6) is 5.84. The van der Waals surface area contributed by atoms with Gasteiger partial charge in [0.15, 0.2) is 0 Å². The number of unbranched alkanes of at least 4 members (excludes halogenated alkanes) is 2. The Kier molecular flexibility index (Phi) is 10.2. The van der Waals surface area contributed by atoms with Crippen molar-refractivity contribution in [1.29, 1.82) is 0 Å². The van der Waals surface area contributed by atoms with Gasteiger partial charge >= 0.3 is 0 Å². The van der Waals surface area contributed by atoms with Crippen LogP contribution in [-0.4, -0.2) is 13.2 Å². The standard InChI is InChI=1S/C12H18O/c1-3-5-7-9-11-13-12-10-8-6-4-2/h3-4H,1-2,5-7,9,11-12H2. The summed E-state index contributed by atoms with van der Waals surface area (Å²) in [5.41, 5.74) is 0. The second kappa shape index (κ2) is 11.0. The molecule has 13 heavy (non-hydrogen) atoms. The van der Waals surface area contributed by atoms with Crippen LogP contribution in [0.2, 0.25) is 0 Å². The molecule has 0 unspecified atom stereocenters. The molecule has 0 saturated carbocycles. The summed E-state index contributed by atoms with van der Waals surface area (Å²) in [4.78, 5) is 0. The molecule has 0 aromatic rings. The second-order valence-electron chi connectivity index (χ2n) is 2.68. The third-order valence-electron chi connectivity index (χ3n) is 1.49. The zero-order valence-corrected chi connectivity index (χ0v) is 8.22. The normalized spacial score (nSPS) is 8.62. The first-order valence-corrected chi connectivity index (χ1v) is 4.67. The maximum absolute atomic E-state index is 5.28. The monoisotopic (exact) mass is 178 g/mol. The van der Waals surface area contributed by atoms with Gasteiger partial charge < -0.3 is 4.74 Å². The lowest BCUT2D eigenvalue weighted by Crippen LogP contribution is -1.94. The van der Waals surface area contributed by atoms with Crippen molar-refractivity contribution in [1.82, 2.24) is 0 Å². The van der Waals surface area contributed by atoms with Crippen molar-refractivity contribution in [3.05, 3.63) is 25.3 Å². The van der Waals surface area contributed by atoms with Crippen molar-refractivity contribution in [3.63, 3.8) is 0 Å². The first-order valence-electron chi connectivity index (χ1n) is 4.67. The maximum Gasteiger partial charge on any atom is 0.107 e. The van der Waals surface area contributed by atoms with Crippen molar-refractivity contribution in [2.75, 3.05) is 13.2 Å². The van der Waals surface area contributed by atoms with E-state index < -0.39 is 0 Å². The van der Waals surface area contributed by atoms with Crippen LogP contribution >= 0.6 is 0 Å². The lowest BCUT2D eigenvalue weighted by molar-refractivity contribution is 0.162. The van der Waals surface area contributed by atoms with E-state index in [0.29, 0.717) is 6.61 Å². The number of allylic oxidation sites excluding steroid dienone is 2. The van der Waals surface area contributed by atoms with Crippen LogP contribution in [0, 0.1) is 11.8 Å². The Morgan fingerprint density at radius 3 is 2.62 bits per heavy atom. The molecular weight excluding hydrogens is 160 g/mol. The Bertz CT molecular complexity index is 183. The molecule has 0 aromatic carbocycles. The summed E-state index contributed by atoms with van der Waals surface area (Å²) in [6, 6.07) is 0. The molecule has 0 rings (SSSR count). The molecule has 0 aromatic heterocycles. The molecule has 0 saturated heterocycles. The van der Waals surface area contributed by atoms with Crippen LogP contribution in [0.5, 0.6) is 0 Å². The van der Waals surface area contributed by atoms with Gasteiger partial charge in [-0.1, -0.05) is 24.0 Å². The largest absolute Gasteiger partial charge is 0.369 e. The van der Waals surface area contributed by atoms with E-state index in [1.54, 1.807) is 6.08 Å². The summed E-state index contributed by atoms with van der Waals surface area (Å²) < 4.78 is 5.28. The highest BCUT2D eigenvalue weighted by Gasteiger charge is 1.85. The van der Waals surface area contributed by atoms with Crippen LogP contribution < -0.4 is 0 Å². The van der Waals surface area contributed by atoms with Crippen molar-refractivity contribution in [2.24, 2.45) is 0 Å². The maximum atomic E-state index is 5.28. The summed E-state index contributed by atoms with van der Waals surface area (Å²) in [6.07, 6.45) is 7.80. The zero-order valence-electron chi connectivity index (χ0n) is 8.22. The number of rotatable bonds is 7. The van der Waals surface area contributed by atoms with Gasteiger partial charge in [-0.05, 0) is 19.3 Å². The molecule has 0 aliphatic heterocycles. The van der Waals surface area contributed by atoms with E-state index in [-0.39, 0.29) is 0 Å². The summed E-state index contributed by atoms with van der Waals surface area (Å²) in [7, 11) is 0. The smallest absolute Gasteiger partial charge is 0.107 e. The first kappa shape index (κ1) is 12.0. The number of hydrogen-bond donors (Lipinski definition) is 0. The fourth-order valence-electron chi connectivity index (χ4n) is 0.811. The van der Waals surface area contributed by atoms with E-state index >= 15 is 0 Å². The van der Waals surface area contributed by atoms with Gasteiger partial charge in [-0.25, -0.2) is 0 Å². The van der Waals surface area contributed by atoms with Gasteiger partial charge in [-0.2, -0.15) is 0 Å². The van der Waals surface area contributed by atoms with Gasteiger partial charge in [0.25, 0.3) is 0 Å². The van der Waals surface area contributed by atoms with Crippen molar-refractivity contribution in [2.45, 2.75) is 25.7 Å². The predicted molar refractivity (Wildman–Crippen MR) is 57.5 cm³/mol. The molecule has 0 aliphatic rings. The molecule has 0 bridgehead atoms. The van der Waals surface area contributed by atoms with E-state index in [1.165, 1.54) is 0 Å². The van der Waals surface area contributed by atoms with E-state index in [4.69, 9.17) is 4.74 Å². The van der Waals surface area contributed by atoms with Gasteiger partial charge in [0, 0.05) is 13.0 Å². The minimum atomic E-state index is 0.544.